The summed E-state index contributed by atoms with van der Waals surface area (Å²) < 4.78 is 10.9. The van der Waals surface area contributed by atoms with E-state index in [2.05, 4.69) is 5.32 Å². The third-order valence-corrected chi connectivity index (χ3v) is 3.24. The second kappa shape index (κ2) is 4.37. The van der Waals surface area contributed by atoms with Crippen molar-refractivity contribution >= 4 is 11.5 Å². The Labute approximate surface area is 99.9 Å². The number of Topliss-reactive ketones (excluding diaryl/α,β-unsaturated/α-hetero) is 1. The Hall–Kier alpha value is -1.55. The summed E-state index contributed by atoms with van der Waals surface area (Å²) in [5, 5.41) is 3.24. The van der Waals surface area contributed by atoms with E-state index < -0.39 is 0 Å². The van der Waals surface area contributed by atoms with E-state index in [1.54, 1.807) is 0 Å². The van der Waals surface area contributed by atoms with Crippen LogP contribution in [0.2, 0.25) is 0 Å². The molecule has 17 heavy (non-hydrogen) atoms. The number of ether oxygens (including phenoxy) is 2. The van der Waals surface area contributed by atoms with E-state index >= 15 is 0 Å². The van der Waals surface area contributed by atoms with Crippen LogP contribution in [0.5, 0.6) is 5.75 Å². The van der Waals surface area contributed by atoms with Gasteiger partial charge < -0.3 is 14.8 Å². The van der Waals surface area contributed by atoms with Crippen molar-refractivity contribution in [3.05, 3.63) is 23.8 Å². The second-order valence-electron chi connectivity index (χ2n) is 4.38. The summed E-state index contributed by atoms with van der Waals surface area (Å²) in [6, 6.07) is 5.67. The standard InChI is InChI=1S/C13H15NO3/c15-12(9-4-6-16-8-9)10-2-1-3-11-13(10)17-7-5-14-11/h1-3,9,14H,4-8H2. The smallest absolute Gasteiger partial charge is 0.172 e. The maximum atomic E-state index is 12.3. The Morgan fingerprint density at radius 3 is 3.12 bits per heavy atom. The highest BCUT2D eigenvalue weighted by Crippen LogP contribution is 2.33. The third kappa shape index (κ3) is 1.89. The monoisotopic (exact) mass is 233 g/mol. The zero-order chi connectivity index (χ0) is 11.7. The van der Waals surface area contributed by atoms with Gasteiger partial charge in [-0.1, -0.05) is 6.07 Å². The normalized spacial score (nSPS) is 22.5. The Balaban J connectivity index is 1.94. The molecule has 1 saturated heterocycles. The van der Waals surface area contributed by atoms with Crippen LogP contribution in [0.25, 0.3) is 0 Å². The van der Waals surface area contributed by atoms with Gasteiger partial charge in [0.25, 0.3) is 0 Å². The molecule has 2 aliphatic heterocycles. The Bertz CT molecular complexity index is 438. The summed E-state index contributed by atoms with van der Waals surface area (Å²) in [7, 11) is 0. The maximum absolute atomic E-state index is 12.3. The lowest BCUT2D eigenvalue weighted by Gasteiger charge is -2.22. The summed E-state index contributed by atoms with van der Waals surface area (Å²) in [5.41, 5.74) is 1.60. The van der Waals surface area contributed by atoms with E-state index in [0.29, 0.717) is 31.1 Å². The fraction of sp³-hybridized carbons (Fsp3) is 0.462. The number of rotatable bonds is 2. The minimum Gasteiger partial charge on any atom is -0.489 e. The highest BCUT2D eigenvalue weighted by atomic mass is 16.5. The molecule has 1 aromatic carbocycles. The molecule has 4 nitrogen and oxygen atoms in total. The summed E-state index contributed by atoms with van der Waals surface area (Å²) in [5.74, 6) is 0.839. The van der Waals surface area contributed by atoms with Gasteiger partial charge in [0.2, 0.25) is 0 Å². The molecule has 0 amide bonds. The Morgan fingerprint density at radius 2 is 2.29 bits per heavy atom. The lowest BCUT2D eigenvalue weighted by Crippen LogP contribution is -2.22. The van der Waals surface area contributed by atoms with Crippen molar-refractivity contribution in [1.29, 1.82) is 0 Å². The number of hydrogen-bond donors (Lipinski definition) is 1. The number of para-hydroxylation sites is 1. The van der Waals surface area contributed by atoms with Gasteiger partial charge in [-0.25, -0.2) is 0 Å². The predicted octanol–water partition coefficient (Wildman–Crippen LogP) is 1.71. The molecule has 1 fully saturated rings. The molecule has 0 bridgehead atoms. The molecule has 1 aromatic rings. The number of hydrogen-bond acceptors (Lipinski definition) is 4. The largest absolute Gasteiger partial charge is 0.489 e. The molecule has 1 unspecified atom stereocenters. The molecule has 0 spiro atoms. The van der Waals surface area contributed by atoms with Crippen LogP contribution in [0, 0.1) is 5.92 Å². The van der Waals surface area contributed by atoms with E-state index in [4.69, 9.17) is 9.47 Å². The van der Waals surface area contributed by atoms with Crippen LogP contribution in [-0.4, -0.2) is 32.1 Å². The second-order valence-corrected chi connectivity index (χ2v) is 4.38. The number of carbonyl (C=O) groups excluding carboxylic acids is 1. The molecule has 1 N–H and O–H groups in total. The minimum absolute atomic E-state index is 0.00738. The fourth-order valence-electron chi connectivity index (χ4n) is 2.33. The summed E-state index contributed by atoms with van der Waals surface area (Å²) in [6.45, 7) is 2.62. The average molecular weight is 233 g/mol. The maximum Gasteiger partial charge on any atom is 0.172 e. The molecule has 4 heteroatoms. The average Bonchev–Trinajstić information content (AvgIpc) is 2.91. The first kappa shape index (κ1) is 10.6. The summed E-state index contributed by atoms with van der Waals surface area (Å²) in [4.78, 5) is 12.3. The van der Waals surface area contributed by atoms with Crippen molar-refractivity contribution in [2.45, 2.75) is 6.42 Å². The molecule has 0 aromatic heterocycles. The van der Waals surface area contributed by atoms with Gasteiger partial charge in [-0.3, -0.25) is 4.79 Å². The molecule has 0 saturated carbocycles. The number of carbonyl (C=O) groups is 1. The van der Waals surface area contributed by atoms with Gasteiger partial charge in [-0.15, -0.1) is 0 Å². The number of fused-ring (bicyclic) bond motifs is 1. The minimum atomic E-state index is -0.00738. The molecular weight excluding hydrogens is 218 g/mol. The van der Waals surface area contributed by atoms with Crippen LogP contribution in [0.3, 0.4) is 0 Å². The van der Waals surface area contributed by atoms with Gasteiger partial charge in [-0.05, 0) is 18.6 Å². The van der Waals surface area contributed by atoms with Crippen molar-refractivity contribution in [3.8, 4) is 5.75 Å². The number of anilines is 1. The SMILES string of the molecule is O=C(c1cccc2c1OCCN2)C1CCOC1. The molecule has 3 rings (SSSR count). The highest BCUT2D eigenvalue weighted by molar-refractivity contribution is 6.02. The lowest BCUT2D eigenvalue weighted by molar-refractivity contribution is 0.0896. The van der Waals surface area contributed by atoms with Crippen molar-refractivity contribution < 1.29 is 14.3 Å². The van der Waals surface area contributed by atoms with Crippen molar-refractivity contribution in [2.24, 2.45) is 5.92 Å². The third-order valence-electron chi connectivity index (χ3n) is 3.24. The summed E-state index contributed by atoms with van der Waals surface area (Å²) >= 11 is 0. The molecule has 2 aliphatic rings. The van der Waals surface area contributed by atoms with Gasteiger partial charge in [0.1, 0.15) is 6.61 Å². The number of ketones is 1. The van der Waals surface area contributed by atoms with Crippen molar-refractivity contribution in [2.75, 3.05) is 31.7 Å². The number of nitrogens with one attached hydrogen (secondary N) is 1. The van der Waals surface area contributed by atoms with E-state index in [0.717, 1.165) is 18.7 Å². The van der Waals surface area contributed by atoms with Gasteiger partial charge in [0, 0.05) is 19.1 Å². The topological polar surface area (TPSA) is 47.6 Å². The van der Waals surface area contributed by atoms with Crippen LogP contribution in [0.4, 0.5) is 5.69 Å². The first-order chi connectivity index (χ1) is 8.36. The molecule has 1 atom stereocenters. The van der Waals surface area contributed by atoms with E-state index in [1.165, 1.54) is 0 Å². The summed E-state index contributed by atoms with van der Waals surface area (Å²) in [6.07, 6.45) is 0.815. The van der Waals surface area contributed by atoms with Crippen LogP contribution in [0.1, 0.15) is 16.8 Å². The first-order valence-corrected chi connectivity index (χ1v) is 5.98. The Morgan fingerprint density at radius 1 is 1.35 bits per heavy atom. The van der Waals surface area contributed by atoms with Gasteiger partial charge in [0.15, 0.2) is 11.5 Å². The van der Waals surface area contributed by atoms with Crippen molar-refractivity contribution in [3.63, 3.8) is 0 Å². The van der Waals surface area contributed by atoms with E-state index in [1.807, 2.05) is 18.2 Å². The van der Waals surface area contributed by atoms with Crippen LogP contribution in [-0.2, 0) is 4.74 Å². The van der Waals surface area contributed by atoms with E-state index in [-0.39, 0.29) is 11.7 Å². The molecular formula is C13H15NO3. The van der Waals surface area contributed by atoms with E-state index in [9.17, 15) is 4.79 Å². The molecule has 0 radical (unpaired) electrons. The predicted molar refractivity (Wildman–Crippen MR) is 63.7 cm³/mol. The van der Waals surface area contributed by atoms with Crippen LogP contribution < -0.4 is 10.1 Å². The van der Waals surface area contributed by atoms with Gasteiger partial charge in [-0.2, -0.15) is 0 Å². The fourth-order valence-corrected chi connectivity index (χ4v) is 2.33. The zero-order valence-electron chi connectivity index (χ0n) is 9.57. The van der Waals surface area contributed by atoms with Gasteiger partial charge in [0.05, 0.1) is 17.9 Å². The quantitative estimate of drug-likeness (QED) is 0.790. The van der Waals surface area contributed by atoms with Crippen LogP contribution in [0.15, 0.2) is 18.2 Å². The van der Waals surface area contributed by atoms with Gasteiger partial charge >= 0.3 is 0 Å². The zero-order valence-corrected chi connectivity index (χ0v) is 9.57. The Kier molecular flexibility index (Phi) is 2.73. The molecule has 0 aliphatic carbocycles. The lowest BCUT2D eigenvalue weighted by atomic mass is 9.95. The van der Waals surface area contributed by atoms with Crippen LogP contribution >= 0.6 is 0 Å². The number of benzene rings is 1. The first-order valence-electron chi connectivity index (χ1n) is 5.98. The molecule has 2 heterocycles. The molecule has 90 valence electrons. The highest BCUT2D eigenvalue weighted by Gasteiger charge is 2.28. The van der Waals surface area contributed by atoms with Crippen molar-refractivity contribution in [1.82, 2.24) is 0 Å².